The van der Waals surface area contributed by atoms with Crippen LogP contribution in [0.15, 0.2) is 72.3 Å². The largest absolute Gasteiger partial charge is 0.507 e. The Hall–Kier alpha value is -4.26. The van der Waals surface area contributed by atoms with E-state index < -0.39 is 17.7 Å². The molecule has 2 N–H and O–H groups in total. The molecule has 3 aromatic rings. The number of phenolic OH excluding ortho intramolecular Hbond substituents is 1. The van der Waals surface area contributed by atoms with Gasteiger partial charge in [0.25, 0.3) is 11.7 Å². The second-order valence-electron chi connectivity index (χ2n) is 8.49. The van der Waals surface area contributed by atoms with Gasteiger partial charge in [0.1, 0.15) is 11.5 Å². The summed E-state index contributed by atoms with van der Waals surface area (Å²) in [6.07, 6.45) is 0.833. The molecule has 1 aliphatic heterocycles. The SMILES string of the molecule is CCOc1cc(C2/C(=C(/O)c3ccc(CC)cc3)C(=O)C(=O)N2Cc2cccc(OC)c2)ccc1O. The van der Waals surface area contributed by atoms with Crippen LogP contribution in [0.1, 0.15) is 42.1 Å². The number of hydrogen-bond donors (Lipinski definition) is 2. The second-order valence-corrected chi connectivity index (χ2v) is 8.49. The molecule has 1 saturated heterocycles. The van der Waals surface area contributed by atoms with E-state index in [-0.39, 0.29) is 29.4 Å². The Labute approximate surface area is 210 Å². The predicted octanol–water partition coefficient (Wildman–Crippen LogP) is 4.98. The standard InChI is InChI=1S/C29H29NO6/c1-4-18-9-11-20(12-10-18)27(32)25-26(21-13-14-23(31)24(16-21)36-5-2)30(29(34)28(25)33)17-19-7-6-8-22(15-19)35-3/h6-16,26,31-32H,4-5,17H2,1-3H3/b27-25-. The zero-order valence-corrected chi connectivity index (χ0v) is 20.5. The number of carbonyl (C=O) groups excluding carboxylic acids is 2. The molecule has 0 saturated carbocycles. The zero-order valence-electron chi connectivity index (χ0n) is 20.5. The van der Waals surface area contributed by atoms with Crippen LogP contribution in [0.3, 0.4) is 0 Å². The quantitative estimate of drug-likeness (QED) is 0.264. The van der Waals surface area contributed by atoms with Crippen molar-refractivity contribution >= 4 is 17.4 Å². The van der Waals surface area contributed by atoms with Gasteiger partial charge in [-0.25, -0.2) is 0 Å². The van der Waals surface area contributed by atoms with Gasteiger partial charge in [0.05, 0.1) is 25.3 Å². The minimum absolute atomic E-state index is 0.0136. The average Bonchev–Trinajstić information content (AvgIpc) is 3.14. The highest BCUT2D eigenvalue weighted by Gasteiger charge is 2.46. The van der Waals surface area contributed by atoms with Gasteiger partial charge in [0, 0.05) is 12.1 Å². The lowest BCUT2D eigenvalue weighted by Gasteiger charge is -2.26. The lowest BCUT2D eigenvalue weighted by atomic mass is 9.94. The smallest absolute Gasteiger partial charge is 0.295 e. The number of hydrogen-bond acceptors (Lipinski definition) is 6. The Morgan fingerprint density at radius 1 is 0.972 bits per heavy atom. The molecule has 7 heteroatoms. The third-order valence-electron chi connectivity index (χ3n) is 6.26. The third kappa shape index (κ3) is 4.77. The summed E-state index contributed by atoms with van der Waals surface area (Å²) >= 11 is 0. The van der Waals surface area contributed by atoms with Crippen LogP contribution < -0.4 is 9.47 Å². The molecule has 1 atom stereocenters. The number of aliphatic hydroxyl groups is 1. The number of methoxy groups -OCH3 is 1. The molecule has 1 amide bonds. The van der Waals surface area contributed by atoms with Crippen LogP contribution in [-0.2, 0) is 22.6 Å². The first-order valence-electron chi connectivity index (χ1n) is 11.8. The minimum Gasteiger partial charge on any atom is -0.507 e. The van der Waals surface area contributed by atoms with Gasteiger partial charge in [0.2, 0.25) is 0 Å². The topological polar surface area (TPSA) is 96.3 Å². The molecule has 0 bridgehead atoms. The number of nitrogens with zero attached hydrogens (tertiary/aromatic N) is 1. The minimum atomic E-state index is -0.887. The van der Waals surface area contributed by atoms with Gasteiger partial charge in [-0.15, -0.1) is 0 Å². The number of benzene rings is 3. The van der Waals surface area contributed by atoms with Crippen molar-refractivity contribution in [3.05, 3.63) is 94.6 Å². The average molecular weight is 488 g/mol. The molecule has 0 radical (unpaired) electrons. The number of likely N-dealkylation sites (tertiary alicyclic amines) is 1. The van der Waals surface area contributed by atoms with Crippen molar-refractivity contribution in [1.82, 2.24) is 4.90 Å². The van der Waals surface area contributed by atoms with E-state index in [1.807, 2.05) is 31.2 Å². The molecular formula is C29H29NO6. The van der Waals surface area contributed by atoms with Crippen LogP contribution in [0.2, 0.25) is 0 Å². The number of amides is 1. The van der Waals surface area contributed by atoms with Crippen LogP contribution in [0.4, 0.5) is 0 Å². The van der Waals surface area contributed by atoms with Crippen LogP contribution in [0.25, 0.3) is 5.76 Å². The first-order chi connectivity index (χ1) is 17.4. The maximum Gasteiger partial charge on any atom is 0.295 e. The normalized spacial score (nSPS) is 16.9. The molecule has 0 spiro atoms. The highest BCUT2D eigenvalue weighted by atomic mass is 16.5. The maximum atomic E-state index is 13.3. The van der Waals surface area contributed by atoms with Gasteiger partial charge >= 0.3 is 0 Å². The summed E-state index contributed by atoms with van der Waals surface area (Å²) in [7, 11) is 1.56. The van der Waals surface area contributed by atoms with E-state index in [1.54, 1.807) is 50.4 Å². The van der Waals surface area contributed by atoms with Gasteiger partial charge in [-0.2, -0.15) is 0 Å². The van der Waals surface area contributed by atoms with Crippen molar-refractivity contribution in [2.75, 3.05) is 13.7 Å². The van der Waals surface area contributed by atoms with Gasteiger partial charge in [-0.1, -0.05) is 49.4 Å². The Kier molecular flexibility index (Phi) is 7.29. The van der Waals surface area contributed by atoms with Crippen LogP contribution >= 0.6 is 0 Å². The molecule has 1 fully saturated rings. The number of carbonyl (C=O) groups is 2. The lowest BCUT2D eigenvalue weighted by molar-refractivity contribution is -0.140. The Morgan fingerprint density at radius 2 is 1.72 bits per heavy atom. The van der Waals surface area contributed by atoms with E-state index in [1.165, 1.54) is 11.0 Å². The van der Waals surface area contributed by atoms with Gasteiger partial charge in [0.15, 0.2) is 11.5 Å². The molecule has 3 aromatic carbocycles. The highest BCUT2D eigenvalue weighted by molar-refractivity contribution is 6.46. The van der Waals surface area contributed by atoms with Gasteiger partial charge in [-0.3, -0.25) is 9.59 Å². The molecule has 7 nitrogen and oxygen atoms in total. The third-order valence-corrected chi connectivity index (χ3v) is 6.26. The summed E-state index contributed by atoms with van der Waals surface area (Å²) in [5, 5.41) is 21.5. The number of phenols is 1. The molecule has 0 aliphatic carbocycles. The van der Waals surface area contributed by atoms with Crippen molar-refractivity contribution in [1.29, 1.82) is 0 Å². The number of ketones is 1. The van der Waals surface area contributed by atoms with Crippen LogP contribution in [0.5, 0.6) is 17.2 Å². The summed E-state index contributed by atoms with van der Waals surface area (Å²) < 4.78 is 10.9. The molecule has 1 heterocycles. The number of aliphatic hydroxyl groups excluding tert-OH is 1. The molecule has 1 aliphatic rings. The van der Waals surface area contributed by atoms with E-state index in [9.17, 15) is 19.8 Å². The molecule has 1 unspecified atom stereocenters. The fourth-order valence-corrected chi connectivity index (χ4v) is 4.38. The molecule has 186 valence electrons. The number of aryl methyl sites for hydroxylation is 1. The first-order valence-corrected chi connectivity index (χ1v) is 11.8. The number of rotatable bonds is 8. The zero-order chi connectivity index (χ0) is 25.8. The monoisotopic (exact) mass is 487 g/mol. The molecule has 36 heavy (non-hydrogen) atoms. The first kappa shape index (κ1) is 24.9. The number of aromatic hydroxyl groups is 1. The molecular weight excluding hydrogens is 458 g/mol. The van der Waals surface area contributed by atoms with E-state index >= 15 is 0 Å². The Bertz CT molecular complexity index is 1310. The second kappa shape index (κ2) is 10.6. The summed E-state index contributed by atoms with van der Waals surface area (Å²) in [6.45, 7) is 4.26. The maximum absolute atomic E-state index is 13.3. The Balaban J connectivity index is 1.86. The van der Waals surface area contributed by atoms with Crippen molar-refractivity contribution in [3.8, 4) is 17.2 Å². The number of Topliss-reactive ketones (excluding diaryl/α,β-unsaturated/α-hetero) is 1. The fraction of sp³-hybridized carbons (Fsp3) is 0.241. The van der Waals surface area contributed by atoms with Crippen LogP contribution in [0, 0.1) is 0 Å². The molecule has 4 rings (SSSR count). The van der Waals surface area contributed by atoms with Crippen molar-refractivity contribution < 1.29 is 29.3 Å². The summed E-state index contributed by atoms with van der Waals surface area (Å²) in [5.74, 6) is -0.943. The fourth-order valence-electron chi connectivity index (χ4n) is 4.38. The van der Waals surface area contributed by atoms with E-state index in [2.05, 4.69) is 0 Å². The highest BCUT2D eigenvalue weighted by Crippen LogP contribution is 2.42. The summed E-state index contributed by atoms with van der Waals surface area (Å²) in [5.41, 5.74) is 2.81. The van der Waals surface area contributed by atoms with Crippen molar-refractivity contribution in [2.24, 2.45) is 0 Å². The number of ether oxygens (including phenoxy) is 2. The lowest BCUT2D eigenvalue weighted by Crippen LogP contribution is -2.29. The van der Waals surface area contributed by atoms with E-state index in [0.29, 0.717) is 23.5 Å². The predicted molar refractivity (Wildman–Crippen MR) is 136 cm³/mol. The van der Waals surface area contributed by atoms with E-state index in [0.717, 1.165) is 17.5 Å². The van der Waals surface area contributed by atoms with Gasteiger partial charge in [-0.05, 0) is 54.3 Å². The van der Waals surface area contributed by atoms with Crippen molar-refractivity contribution in [3.63, 3.8) is 0 Å². The summed E-state index contributed by atoms with van der Waals surface area (Å²) in [4.78, 5) is 28.0. The molecule has 0 aromatic heterocycles. The Morgan fingerprint density at radius 3 is 2.39 bits per heavy atom. The van der Waals surface area contributed by atoms with E-state index in [4.69, 9.17) is 9.47 Å². The summed E-state index contributed by atoms with van der Waals surface area (Å²) in [6, 6.07) is 18.3. The van der Waals surface area contributed by atoms with Crippen LogP contribution in [-0.4, -0.2) is 40.5 Å². The van der Waals surface area contributed by atoms with Gasteiger partial charge < -0.3 is 24.6 Å². The van der Waals surface area contributed by atoms with Crippen molar-refractivity contribution in [2.45, 2.75) is 32.9 Å².